The number of primary sulfonamides is 1. The number of hydrogen-bond acceptors (Lipinski definition) is 8. The van der Waals surface area contributed by atoms with E-state index in [1.807, 2.05) is 31.2 Å². The first-order valence-electron chi connectivity index (χ1n) is 10.6. The summed E-state index contributed by atoms with van der Waals surface area (Å²) < 4.78 is 50.2. The summed E-state index contributed by atoms with van der Waals surface area (Å²) in [4.78, 5) is 8.78. The molecule has 1 aliphatic carbocycles. The first-order valence-corrected chi connectivity index (χ1v) is 13.7. The molecule has 2 aromatic carbocycles. The Bertz CT molecular complexity index is 1420. The molecule has 12 heteroatoms. The molecule has 3 aromatic rings. The van der Waals surface area contributed by atoms with Gasteiger partial charge in [0.05, 0.1) is 10.1 Å². The van der Waals surface area contributed by atoms with Crippen LogP contribution < -0.4 is 20.5 Å². The molecule has 4 rings (SSSR count). The van der Waals surface area contributed by atoms with Crippen molar-refractivity contribution in [2.45, 2.75) is 43.4 Å². The maximum absolute atomic E-state index is 12.0. The zero-order valence-electron chi connectivity index (χ0n) is 18.7. The molecular formula is C22H26N6O4S2. The lowest BCUT2D eigenvalue weighted by atomic mass is 10.2. The molecule has 180 valence electrons. The van der Waals surface area contributed by atoms with Crippen LogP contribution in [0.5, 0.6) is 0 Å². The Morgan fingerprint density at radius 3 is 2.26 bits per heavy atom. The molecule has 0 unspecified atom stereocenters. The van der Waals surface area contributed by atoms with E-state index < -0.39 is 20.0 Å². The van der Waals surface area contributed by atoms with Gasteiger partial charge in [0, 0.05) is 29.7 Å². The highest BCUT2D eigenvalue weighted by molar-refractivity contribution is 7.90. The fraction of sp³-hybridized carbons (Fsp3) is 0.273. The van der Waals surface area contributed by atoms with Crippen molar-refractivity contribution in [3.63, 3.8) is 0 Å². The van der Waals surface area contributed by atoms with Gasteiger partial charge in [0.1, 0.15) is 5.82 Å². The fourth-order valence-corrected chi connectivity index (χ4v) is 5.43. The van der Waals surface area contributed by atoms with Crippen LogP contribution in [0, 0.1) is 13.8 Å². The SMILES string of the molecule is Cc1ccc(Nc2ncc(C)c(Nc3ccc(CNS(=O)(=O)C4CC4)cc3)n2)cc1S(N)(=O)=O. The molecular weight excluding hydrogens is 476 g/mol. The molecule has 0 spiro atoms. The van der Waals surface area contributed by atoms with E-state index in [4.69, 9.17) is 5.14 Å². The van der Waals surface area contributed by atoms with Gasteiger partial charge in [-0.25, -0.2) is 31.7 Å². The molecule has 0 amide bonds. The van der Waals surface area contributed by atoms with Gasteiger partial charge in [-0.05, 0) is 62.1 Å². The lowest BCUT2D eigenvalue weighted by Gasteiger charge is -2.13. The quantitative estimate of drug-likeness (QED) is 0.348. The molecule has 0 radical (unpaired) electrons. The van der Waals surface area contributed by atoms with Crippen LogP contribution in [-0.2, 0) is 26.6 Å². The summed E-state index contributed by atoms with van der Waals surface area (Å²) in [5, 5.41) is 11.3. The van der Waals surface area contributed by atoms with Gasteiger partial charge in [-0.1, -0.05) is 18.2 Å². The second-order valence-electron chi connectivity index (χ2n) is 8.26. The van der Waals surface area contributed by atoms with Crippen molar-refractivity contribution in [3.05, 3.63) is 65.4 Å². The highest BCUT2D eigenvalue weighted by atomic mass is 32.2. The summed E-state index contributed by atoms with van der Waals surface area (Å²) >= 11 is 0. The van der Waals surface area contributed by atoms with E-state index in [0.717, 1.165) is 29.7 Å². The van der Waals surface area contributed by atoms with Crippen LogP contribution >= 0.6 is 0 Å². The Morgan fingerprint density at radius 1 is 0.941 bits per heavy atom. The number of anilines is 4. The molecule has 0 atom stereocenters. The number of hydrogen-bond donors (Lipinski definition) is 4. The second kappa shape index (κ2) is 9.29. The van der Waals surface area contributed by atoms with Crippen molar-refractivity contribution < 1.29 is 16.8 Å². The predicted molar refractivity (Wildman–Crippen MR) is 131 cm³/mol. The average molecular weight is 503 g/mol. The van der Waals surface area contributed by atoms with Crippen LogP contribution in [0.15, 0.2) is 53.6 Å². The molecule has 1 fully saturated rings. The first-order chi connectivity index (χ1) is 16.0. The Labute approximate surface area is 199 Å². The minimum absolute atomic E-state index is 0.0301. The highest BCUT2D eigenvalue weighted by Gasteiger charge is 2.35. The Hall–Kier alpha value is -3.06. The Morgan fingerprint density at radius 2 is 1.62 bits per heavy atom. The molecule has 10 nitrogen and oxygen atoms in total. The number of rotatable bonds is 9. The van der Waals surface area contributed by atoms with Crippen molar-refractivity contribution in [2.24, 2.45) is 5.14 Å². The Kier molecular flexibility index (Phi) is 6.58. The van der Waals surface area contributed by atoms with Gasteiger partial charge in [-0.3, -0.25) is 0 Å². The molecule has 5 N–H and O–H groups in total. The zero-order chi connectivity index (χ0) is 24.5. The molecule has 34 heavy (non-hydrogen) atoms. The van der Waals surface area contributed by atoms with Gasteiger partial charge < -0.3 is 10.6 Å². The summed E-state index contributed by atoms with van der Waals surface area (Å²) in [6.07, 6.45) is 3.10. The van der Waals surface area contributed by atoms with E-state index in [1.165, 1.54) is 6.07 Å². The van der Waals surface area contributed by atoms with E-state index in [1.54, 1.807) is 25.3 Å². The van der Waals surface area contributed by atoms with Crippen LogP contribution in [0.2, 0.25) is 0 Å². The molecule has 1 aromatic heterocycles. The Balaban J connectivity index is 1.45. The van der Waals surface area contributed by atoms with Gasteiger partial charge in [-0.2, -0.15) is 4.98 Å². The molecule has 0 saturated heterocycles. The van der Waals surface area contributed by atoms with Crippen LogP contribution in [0.4, 0.5) is 23.1 Å². The normalized spacial score (nSPS) is 14.1. The van der Waals surface area contributed by atoms with E-state index in [2.05, 4.69) is 25.3 Å². The van der Waals surface area contributed by atoms with Crippen molar-refractivity contribution in [1.82, 2.24) is 14.7 Å². The number of benzene rings is 2. The van der Waals surface area contributed by atoms with E-state index in [9.17, 15) is 16.8 Å². The average Bonchev–Trinajstić information content (AvgIpc) is 3.62. The second-order valence-corrected chi connectivity index (χ2v) is 11.8. The summed E-state index contributed by atoms with van der Waals surface area (Å²) in [7, 11) is -7.08. The van der Waals surface area contributed by atoms with Crippen LogP contribution in [-0.4, -0.2) is 32.1 Å². The van der Waals surface area contributed by atoms with Gasteiger partial charge in [-0.15, -0.1) is 0 Å². The predicted octanol–water partition coefficient (Wildman–Crippen LogP) is 2.81. The summed E-state index contributed by atoms with van der Waals surface area (Å²) in [6, 6.07) is 12.2. The lowest BCUT2D eigenvalue weighted by Crippen LogP contribution is -2.26. The molecule has 1 aliphatic rings. The number of nitrogens with one attached hydrogen (secondary N) is 3. The van der Waals surface area contributed by atoms with Gasteiger partial charge in [0.15, 0.2) is 0 Å². The van der Waals surface area contributed by atoms with Crippen LogP contribution in [0.1, 0.15) is 29.5 Å². The smallest absolute Gasteiger partial charge is 0.238 e. The zero-order valence-corrected chi connectivity index (χ0v) is 20.4. The third kappa shape index (κ3) is 5.89. The summed E-state index contributed by atoms with van der Waals surface area (Å²) in [6.45, 7) is 3.77. The first kappa shape index (κ1) is 24.1. The van der Waals surface area contributed by atoms with E-state index >= 15 is 0 Å². The molecule has 1 heterocycles. The van der Waals surface area contributed by atoms with Crippen molar-refractivity contribution >= 4 is 43.2 Å². The lowest BCUT2D eigenvalue weighted by molar-refractivity contribution is 0.580. The van der Waals surface area contributed by atoms with Crippen LogP contribution in [0.3, 0.4) is 0 Å². The topological polar surface area (TPSA) is 156 Å². The van der Waals surface area contributed by atoms with Crippen molar-refractivity contribution in [3.8, 4) is 0 Å². The van der Waals surface area contributed by atoms with Crippen molar-refractivity contribution in [2.75, 3.05) is 10.6 Å². The maximum atomic E-state index is 12.0. The maximum Gasteiger partial charge on any atom is 0.238 e. The third-order valence-corrected chi connectivity index (χ3v) is 8.33. The van der Waals surface area contributed by atoms with E-state index in [-0.39, 0.29) is 22.6 Å². The van der Waals surface area contributed by atoms with Gasteiger partial charge >= 0.3 is 0 Å². The minimum atomic E-state index is -3.85. The monoisotopic (exact) mass is 502 g/mol. The number of nitrogens with zero attached hydrogens (tertiary/aromatic N) is 2. The summed E-state index contributed by atoms with van der Waals surface area (Å²) in [5.74, 6) is 0.849. The number of aromatic nitrogens is 2. The molecule has 0 bridgehead atoms. The summed E-state index contributed by atoms with van der Waals surface area (Å²) in [5.41, 5.74) is 3.46. The van der Waals surface area contributed by atoms with Gasteiger partial charge in [0.25, 0.3) is 0 Å². The standard InChI is InChI=1S/C22H26N6O4S2/c1-14-3-6-18(11-20(14)33(23,29)30)27-22-24-12-15(2)21(28-22)26-17-7-4-16(5-8-17)13-25-34(31,32)19-9-10-19/h3-8,11-12,19,25H,9-10,13H2,1-2H3,(H2,23,29,30)(H2,24,26,27,28). The number of sulfonamides is 2. The largest absolute Gasteiger partial charge is 0.340 e. The third-order valence-electron chi connectivity index (χ3n) is 5.38. The van der Waals surface area contributed by atoms with Crippen LogP contribution in [0.25, 0.3) is 0 Å². The number of aryl methyl sites for hydroxylation is 2. The van der Waals surface area contributed by atoms with Gasteiger partial charge in [0.2, 0.25) is 26.0 Å². The minimum Gasteiger partial charge on any atom is -0.340 e. The van der Waals surface area contributed by atoms with E-state index in [0.29, 0.717) is 17.1 Å². The van der Waals surface area contributed by atoms with Crippen molar-refractivity contribution in [1.29, 1.82) is 0 Å². The molecule has 1 saturated carbocycles. The number of nitrogens with two attached hydrogens (primary N) is 1. The fourth-order valence-electron chi connectivity index (χ4n) is 3.27. The molecule has 0 aliphatic heterocycles. The highest BCUT2D eigenvalue weighted by Crippen LogP contribution is 2.28.